The highest BCUT2D eigenvalue weighted by Gasteiger charge is 2.20. The molecule has 1 aromatic heterocycles. The third-order valence-electron chi connectivity index (χ3n) is 5.31. The molecule has 0 aliphatic carbocycles. The van der Waals surface area contributed by atoms with Crippen LogP contribution in [0.2, 0.25) is 0 Å². The molecular weight excluding hydrogens is 536 g/mol. The van der Waals surface area contributed by atoms with Crippen LogP contribution in [0.25, 0.3) is 11.0 Å². The molecule has 6 N–H and O–H groups in total. The molecule has 1 amide bonds. The summed E-state index contributed by atoms with van der Waals surface area (Å²) in [5.41, 5.74) is 0.571. The van der Waals surface area contributed by atoms with Gasteiger partial charge in [-0.1, -0.05) is 0 Å². The second kappa shape index (κ2) is 15.0. The van der Waals surface area contributed by atoms with E-state index in [-0.39, 0.29) is 43.1 Å². The number of benzene rings is 1. The normalized spacial score (nSPS) is 11.2. The van der Waals surface area contributed by atoms with Crippen LogP contribution in [0.3, 0.4) is 0 Å². The number of fused-ring (bicyclic) bond motifs is 1. The van der Waals surface area contributed by atoms with Gasteiger partial charge in [0.15, 0.2) is 5.69 Å². The molecule has 2 rings (SSSR count). The van der Waals surface area contributed by atoms with Crippen LogP contribution in [-0.4, -0.2) is 145 Å². The van der Waals surface area contributed by atoms with E-state index in [9.17, 15) is 39.0 Å². The van der Waals surface area contributed by atoms with Crippen molar-refractivity contribution in [3.63, 3.8) is 0 Å². The summed E-state index contributed by atoms with van der Waals surface area (Å²) in [5, 5.41) is 48.1. The van der Waals surface area contributed by atoms with E-state index in [1.54, 1.807) is 0 Å². The Hall–Kier alpha value is -4.74. The average Bonchev–Trinajstić information content (AvgIpc) is 2.83. The zero-order chi connectivity index (χ0) is 29.8. The van der Waals surface area contributed by atoms with Crippen LogP contribution in [0.1, 0.15) is 10.5 Å². The zero-order valence-corrected chi connectivity index (χ0v) is 21.1. The van der Waals surface area contributed by atoms with Crippen molar-refractivity contribution >= 4 is 52.5 Å². The molecule has 1 aromatic carbocycles. The van der Waals surface area contributed by atoms with Gasteiger partial charge in [-0.2, -0.15) is 0 Å². The van der Waals surface area contributed by atoms with E-state index < -0.39 is 68.5 Å². The highest BCUT2D eigenvalue weighted by molar-refractivity contribution is 5.95. The average molecular weight is 565 g/mol. The fourth-order valence-electron chi connectivity index (χ4n) is 3.62. The second-order valence-corrected chi connectivity index (χ2v) is 8.58. The van der Waals surface area contributed by atoms with E-state index >= 15 is 0 Å². The van der Waals surface area contributed by atoms with Gasteiger partial charge in [0.05, 0.1) is 50.0 Å². The quantitative estimate of drug-likeness (QED) is 0.121. The van der Waals surface area contributed by atoms with Gasteiger partial charge in [0.25, 0.3) is 0 Å². The minimum absolute atomic E-state index is 0.0234. The molecule has 17 heteroatoms. The number of nitrogens with zero attached hydrogens (tertiary/aromatic N) is 5. The van der Waals surface area contributed by atoms with Crippen molar-refractivity contribution in [2.45, 2.75) is 0 Å². The Labute approximate surface area is 226 Å². The third kappa shape index (κ3) is 11.3. The first kappa shape index (κ1) is 31.5. The van der Waals surface area contributed by atoms with E-state index in [0.29, 0.717) is 5.52 Å². The number of hydrogen-bond donors (Lipinski definition) is 6. The fourth-order valence-corrected chi connectivity index (χ4v) is 3.62. The predicted molar refractivity (Wildman–Crippen MR) is 135 cm³/mol. The number of carboxylic acid groups (broad SMARTS) is 5. The van der Waals surface area contributed by atoms with Gasteiger partial charge in [0.1, 0.15) is 0 Å². The Morgan fingerprint density at radius 2 is 1.12 bits per heavy atom. The summed E-state index contributed by atoms with van der Waals surface area (Å²) in [6.07, 6.45) is 1.09. The summed E-state index contributed by atoms with van der Waals surface area (Å²) in [6.45, 7) is -2.78. The monoisotopic (exact) mass is 564 g/mol. The maximum Gasteiger partial charge on any atom is 0.356 e. The maximum atomic E-state index is 12.7. The zero-order valence-electron chi connectivity index (χ0n) is 21.1. The number of amides is 1. The molecule has 0 fully saturated rings. The summed E-state index contributed by atoms with van der Waals surface area (Å²) < 4.78 is 0. The van der Waals surface area contributed by atoms with E-state index in [1.807, 2.05) is 0 Å². The maximum absolute atomic E-state index is 12.7. The highest BCUT2D eigenvalue weighted by Crippen LogP contribution is 2.16. The molecule has 0 atom stereocenters. The number of aliphatic carboxylic acids is 4. The molecule has 0 spiro atoms. The Bertz CT molecular complexity index is 1260. The highest BCUT2D eigenvalue weighted by atomic mass is 16.4. The van der Waals surface area contributed by atoms with E-state index in [4.69, 9.17) is 15.3 Å². The largest absolute Gasteiger partial charge is 0.480 e. The Kier molecular flexibility index (Phi) is 11.8. The molecule has 0 aliphatic heterocycles. The van der Waals surface area contributed by atoms with Crippen LogP contribution < -0.4 is 5.32 Å². The lowest BCUT2D eigenvalue weighted by atomic mass is 10.2. The van der Waals surface area contributed by atoms with E-state index in [1.165, 1.54) is 28.0 Å². The first-order valence-corrected chi connectivity index (χ1v) is 11.7. The number of aromatic nitrogens is 2. The van der Waals surface area contributed by atoms with E-state index in [0.717, 1.165) is 11.1 Å². The third-order valence-corrected chi connectivity index (χ3v) is 5.31. The van der Waals surface area contributed by atoms with Crippen LogP contribution in [0.5, 0.6) is 0 Å². The molecule has 17 nitrogen and oxygen atoms in total. The van der Waals surface area contributed by atoms with Gasteiger partial charge in [-0.15, -0.1) is 0 Å². The standard InChI is InChI=1S/C23H28N6O11/c30-18(25-14-1-2-15-16(7-14)26-17(8-24-15)23(39)40)9-28(11-20(33)34)5-3-27(10-19(31)32)4-6-29(12-21(35)36)13-22(37)38/h1-2,7-8H,3-6,9-13H2,(H,25,30)(H,31,32)(H,33,34)(H,35,36)(H,37,38)(H,39,40). The van der Waals surface area contributed by atoms with Gasteiger partial charge >= 0.3 is 29.8 Å². The van der Waals surface area contributed by atoms with Crippen molar-refractivity contribution < 1.29 is 54.3 Å². The summed E-state index contributed by atoms with van der Waals surface area (Å²) >= 11 is 0. The Balaban J connectivity index is 2.05. The van der Waals surface area contributed by atoms with Crippen LogP contribution in [0.15, 0.2) is 24.4 Å². The number of nitrogens with one attached hydrogen (secondary N) is 1. The van der Waals surface area contributed by atoms with Gasteiger partial charge in [-0.05, 0) is 18.2 Å². The lowest BCUT2D eigenvalue weighted by Crippen LogP contribution is -2.46. The number of aromatic carboxylic acids is 1. The molecular formula is C23H28N6O11. The van der Waals surface area contributed by atoms with Gasteiger partial charge < -0.3 is 30.8 Å². The van der Waals surface area contributed by atoms with Gasteiger partial charge in [0, 0.05) is 31.9 Å². The molecule has 2 aromatic rings. The number of anilines is 1. The first-order valence-electron chi connectivity index (χ1n) is 11.7. The molecule has 0 radical (unpaired) electrons. The van der Waals surface area contributed by atoms with Crippen LogP contribution in [0, 0.1) is 0 Å². The molecule has 0 bridgehead atoms. The van der Waals surface area contributed by atoms with Crippen molar-refractivity contribution in [2.75, 3.05) is 64.2 Å². The van der Waals surface area contributed by atoms with Crippen molar-refractivity contribution in [3.05, 3.63) is 30.1 Å². The molecule has 0 aliphatic rings. The molecule has 0 saturated heterocycles. The number of rotatable bonds is 18. The van der Waals surface area contributed by atoms with Crippen LogP contribution in [-0.2, 0) is 24.0 Å². The minimum Gasteiger partial charge on any atom is -0.480 e. The van der Waals surface area contributed by atoms with Crippen LogP contribution >= 0.6 is 0 Å². The SMILES string of the molecule is O=C(O)CN(CCN(CC(=O)O)CC(=O)O)CCN(CC(=O)O)CC(=O)Nc1ccc2ncc(C(=O)O)nc2c1. The summed E-state index contributed by atoms with van der Waals surface area (Å²) in [6, 6.07) is 4.43. The lowest BCUT2D eigenvalue weighted by Gasteiger charge is -2.27. The number of hydrogen-bond acceptors (Lipinski definition) is 11. The van der Waals surface area contributed by atoms with Crippen molar-refractivity contribution in [2.24, 2.45) is 0 Å². The van der Waals surface area contributed by atoms with Crippen LogP contribution in [0.4, 0.5) is 5.69 Å². The molecule has 0 saturated carbocycles. The van der Waals surface area contributed by atoms with E-state index in [2.05, 4.69) is 15.3 Å². The molecule has 0 unspecified atom stereocenters. The summed E-state index contributed by atoms with van der Waals surface area (Å²) in [4.78, 5) is 80.1. The Morgan fingerprint density at radius 3 is 1.62 bits per heavy atom. The number of carbonyl (C=O) groups excluding carboxylic acids is 1. The van der Waals surface area contributed by atoms with Crippen molar-refractivity contribution in [1.82, 2.24) is 24.7 Å². The van der Waals surface area contributed by atoms with Gasteiger partial charge in [0.2, 0.25) is 5.91 Å². The first-order chi connectivity index (χ1) is 18.8. The summed E-state index contributed by atoms with van der Waals surface area (Å²) in [7, 11) is 0. The molecule has 216 valence electrons. The lowest BCUT2D eigenvalue weighted by molar-refractivity contribution is -0.143. The predicted octanol–water partition coefficient (Wildman–Crippen LogP) is -1.49. The molecule has 1 heterocycles. The number of carbonyl (C=O) groups is 6. The fraction of sp³-hybridized carbons (Fsp3) is 0.391. The second-order valence-electron chi connectivity index (χ2n) is 8.58. The smallest absolute Gasteiger partial charge is 0.356 e. The summed E-state index contributed by atoms with van der Waals surface area (Å²) in [5.74, 6) is -6.86. The number of carboxylic acids is 5. The minimum atomic E-state index is -1.28. The van der Waals surface area contributed by atoms with Gasteiger partial charge in [-0.3, -0.25) is 43.7 Å². The van der Waals surface area contributed by atoms with Crippen molar-refractivity contribution in [1.29, 1.82) is 0 Å². The topological polar surface area (TPSA) is 251 Å². The van der Waals surface area contributed by atoms with Gasteiger partial charge in [-0.25, -0.2) is 9.78 Å². The Morgan fingerprint density at radius 1 is 0.650 bits per heavy atom. The molecule has 40 heavy (non-hydrogen) atoms. The van der Waals surface area contributed by atoms with Crippen molar-refractivity contribution in [3.8, 4) is 0 Å².